The van der Waals surface area contributed by atoms with E-state index in [2.05, 4.69) is 4.90 Å². The predicted octanol–water partition coefficient (Wildman–Crippen LogP) is 2.80. The van der Waals surface area contributed by atoms with Crippen molar-refractivity contribution < 1.29 is 5.11 Å². The van der Waals surface area contributed by atoms with Gasteiger partial charge in [0, 0.05) is 6.04 Å². The Morgan fingerprint density at radius 1 is 1.19 bits per heavy atom. The van der Waals surface area contributed by atoms with Crippen LogP contribution in [0.5, 0.6) is 0 Å². The molecule has 0 aromatic heterocycles. The number of nitrogens with zero attached hydrogens (tertiary/aromatic N) is 1. The van der Waals surface area contributed by atoms with Crippen molar-refractivity contribution in [2.45, 2.75) is 70.4 Å². The largest absolute Gasteiger partial charge is 0.393 e. The molecule has 0 aromatic rings. The molecule has 2 rings (SSSR count). The second-order valence-corrected chi connectivity index (χ2v) is 5.78. The Hall–Kier alpha value is -0.0800. The lowest BCUT2D eigenvalue weighted by molar-refractivity contribution is 0.0561. The Balaban J connectivity index is 1.78. The van der Waals surface area contributed by atoms with Crippen LogP contribution in [0.2, 0.25) is 0 Å². The van der Waals surface area contributed by atoms with Crippen molar-refractivity contribution in [1.82, 2.24) is 4.90 Å². The number of hydrogen-bond donors (Lipinski definition) is 1. The van der Waals surface area contributed by atoms with Gasteiger partial charge in [-0.05, 0) is 64.5 Å². The summed E-state index contributed by atoms with van der Waals surface area (Å²) in [6, 6.07) is 0.886. The van der Waals surface area contributed by atoms with Gasteiger partial charge < -0.3 is 10.0 Å². The van der Waals surface area contributed by atoms with Gasteiger partial charge in [-0.2, -0.15) is 0 Å². The maximum absolute atomic E-state index is 9.30. The molecule has 3 atom stereocenters. The van der Waals surface area contributed by atoms with Gasteiger partial charge in [-0.3, -0.25) is 0 Å². The number of rotatable bonds is 4. The third-order valence-electron chi connectivity index (χ3n) is 4.43. The fraction of sp³-hybridized carbons (Fsp3) is 1.00. The van der Waals surface area contributed by atoms with Crippen molar-refractivity contribution in [3.05, 3.63) is 0 Å². The molecular formula is C14H27NO. The van der Waals surface area contributed by atoms with Crippen LogP contribution >= 0.6 is 0 Å². The lowest BCUT2D eigenvalue weighted by atomic mass is 9.78. The average Bonchev–Trinajstić information content (AvgIpc) is 2.29. The summed E-state index contributed by atoms with van der Waals surface area (Å²) < 4.78 is 0. The maximum atomic E-state index is 9.30. The normalized spacial score (nSPS) is 33.4. The van der Waals surface area contributed by atoms with Crippen LogP contribution in [0.1, 0.15) is 58.3 Å². The van der Waals surface area contributed by atoms with E-state index >= 15 is 0 Å². The Bertz CT molecular complexity index is 203. The highest BCUT2D eigenvalue weighted by Gasteiger charge is 2.32. The zero-order valence-corrected chi connectivity index (χ0v) is 10.7. The van der Waals surface area contributed by atoms with Crippen molar-refractivity contribution in [3.8, 4) is 0 Å². The maximum Gasteiger partial charge on any atom is 0.0512 e. The molecule has 16 heavy (non-hydrogen) atoms. The third-order valence-corrected chi connectivity index (χ3v) is 4.43. The monoisotopic (exact) mass is 225 g/mol. The minimum Gasteiger partial charge on any atom is -0.393 e. The van der Waals surface area contributed by atoms with Gasteiger partial charge in [0.05, 0.1) is 6.10 Å². The fourth-order valence-electron chi connectivity index (χ4n) is 3.60. The number of aliphatic hydroxyl groups is 1. The average molecular weight is 225 g/mol. The first-order chi connectivity index (χ1) is 7.77. The van der Waals surface area contributed by atoms with E-state index in [0.29, 0.717) is 0 Å². The van der Waals surface area contributed by atoms with Crippen LogP contribution in [0.25, 0.3) is 0 Å². The molecule has 0 bridgehead atoms. The number of piperidine rings is 1. The highest BCUT2D eigenvalue weighted by Crippen LogP contribution is 2.35. The van der Waals surface area contributed by atoms with Crippen LogP contribution < -0.4 is 0 Å². The first-order valence-electron chi connectivity index (χ1n) is 7.19. The Morgan fingerprint density at radius 3 is 2.75 bits per heavy atom. The van der Waals surface area contributed by atoms with Crippen LogP contribution in [-0.4, -0.2) is 35.2 Å². The van der Waals surface area contributed by atoms with E-state index in [0.717, 1.165) is 18.4 Å². The van der Waals surface area contributed by atoms with Crippen molar-refractivity contribution >= 4 is 0 Å². The second kappa shape index (κ2) is 6.02. The number of likely N-dealkylation sites (tertiary alicyclic amines) is 1. The molecule has 1 heterocycles. The quantitative estimate of drug-likeness (QED) is 0.795. The number of hydrogen-bond acceptors (Lipinski definition) is 2. The molecule has 1 N–H and O–H groups in total. The van der Waals surface area contributed by atoms with Gasteiger partial charge in [0.15, 0.2) is 0 Å². The van der Waals surface area contributed by atoms with Gasteiger partial charge in [0.25, 0.3) is 0 Å². The lowest BCUT2D eigenvalue weighted by Gasteiger charge is -2.44. The van der Waals surface area contributed by atoms with Crippen LogP contribution in [0.15, 0.2) is 0 Å². The van der Waals surface area contributed by atoms with E-state index in [4.69, 9.17) is 0 Å². The molecule has 2 nitrogen and oxygen atoms in total. The van der Waals surface area contributed by atoms with Gasteiger partial charge >= 0.3 is 0 Å². The van der Waals surface area contributed by atoms with Gasteiger partial charge in [-0.1, -0.05) is 12.8 Å². The molecule has 1 saturated carbocycles. The molecule has 1 aliphatic heterocycles. The Morgan fingerprint density at radius 2 is 1.94 bits per heavy atom. The minimum absolute atomic E-state index is 0.119. The first-order valence-corrected chi connectivity index (χ1v) is 7.19. The molecule has 94 valence electrons. The Labute approximate surface area is 100 Å². The predicted molar refractivity (Wildman–Crippen MR) is 67.5 cm³/mol. The molecule has 1 unspecified atom stereocenters. The zero-order valence-electron chi connectivity index (χ0n) is 10.7. The summed E-state index contributed by atoms with van der Waals surface area (Å²) in [5.41, 5.74) is 0. The summed E-state index contributed by atoms with van der Waals surface area (Å²) in [6.07, 6.45) is 10.7. The summed E-state index contributed by atoms with van der Waals surface area (Å²) in [5.74, 6) is 0.994. The van der Waals surface area contributed by atoms with Crippen molar-refractivity contribution in [1.29, 1.82) is 0 Å². The molecular weight excluding hydrogens is 198 g/mol. The number of aliphatic hydroxyl groups excluding tert-OH is 1. The fourth-order valence-corrected chi connectivity index (χ4v) is 3.60. The molecule has 2 fully saturated rings. The van der Waals surface area contributed by atoms with Gasteiger partial charge in [0.1, 0.15) is 0 Å². The molecule has 2 heteroatoms. The van der Waals surface area contributed by atoms with E-state index in [1.165, 1.54) is 58.0 Å². The van der Waals surface area contributed by atoms with Crippen LogP contribution in [0.3, 0.4) is 0 Å². The summed E-state index contributed by atoms with van der Waals surface area (Å²) in [6.45, 7) is 4.42. The van der Waals surface area contributed by atoms with E-state index < -0.39 is 0 Å². The highest BCUT2D eigenvalue weighted by atomic mass is 16.3. The van der Waals surface area contributed by atoms with E-state index in [9.17, 15) is 5.11 Å². The van der Waals surface area contributed by atoms with Gasteiger partial charge in [-0.15, -0.1) is 0 Å². The second-order valence-electron chi connectivity index (χ2n) is 5.78. The molecule has 0 spiro atoms. The molecule has 0 amide bonds. The molecule has 1 aliphatic carbocycles. The smallest absolute Gasteiger partial charge is 0.0512 e. The van der Waals surface area contributed by atoms with Crippen LogP contribution in [-0.2, 0) is 0 Å². The van der Waals surface area contributed by atoms with E-state index in [1.54, 1.807) is 0 Å². The molecule has 0 radical (unpaired) electrons. The van der Waals surface area contributed by atoms with Gasteiger partial charge in [0.2, 0.25) is 0 Å². The zero-order chi connectivity index (χ0) is 11.4. The van der Waals surface area contributed by atoms with Crippen molar-refractivity contribution in [3.63, 3.8) is 0 Å². The molecule has 1 saturated heterocycles. The summed E-state index contributed by atoms with van der Waals surface area (Å²) >= 11 is 0. The van der Waals surface area contributed by atoms with Crippen molar-refractivity contribution in [2.24, 2.45) is 5.92 Å². The lowest BCUT2D eigenvalue weighted by Crippen LogP contribution is -2.47. The van der Waals surface area contributed by atoms with Crippen LogP contribution in [0.4, 0.5) is 0 Å². The minimum atomic E-state index is -0.119. The third kappa shape index (κ3) is 3.21. The summed E-state index contributed by atoms with van der Waals surface area (Å²) in [4.78, 5) is 2.72. The Kier molecular flexibility index (Phi) is 4.66. The first kappa shape index (κ1) is 12.4. The van der Waals surface area contributed by atoms with Crippen molar-refractivity contribution in [2.75, 3.05) is 13.1 Å². The topological polar surface area (TPSA) is 23.5 Å². The highest BCUT2D eigenvalue weighted by molar-refractivity contribution is 4.87. The van der Waals surface area contributed by atoms with Gasteiger partial charge in [-0.25, -0.2) is 0 Å². The number of fused-ring (bicyclic) bond motifs is 1. The summed E-state index contributed by atoms with van der Waals surface area (Å²) in [5, 5.41) is 9.30. The standard InChI is InChI=1S/C14H27NO/c1-12(16)6-4-10-15-11-5-8-13-7-2-3-9-14(13)15/h12-14,16H,2-11H2,1H3/t12?,13-,14-/m1/s1. The molecule has 0 aromatic carbocycles. The molecule has 2 aliphatic rings. The summed E-state index contributed by atoms with van der Waals surface area (Å²) in [7, 11) is 0. The van der Waals surface area contributed by atoms with E-state index in [1.807, 2.05) is 6.92 Å². The van der Waals surface area contributed by atoms with E-state index in [-0.39, 0.29) is 6.10 Å². The van der Waals surface area contributed by atoms with Crippen LogP contribution in [0, 0.1) is 5.92 Å². The SMILES string of the molecule is CC(O)CCCN1CCC[C@H]2CCCC[C@H]21.